The van der Waals surface area contributed by atoms with E-state index in [-0.39, 0.29) is 29.1 Å². The average molecular weight is 356 g/mol. The van der Waals surface area contributed by atoms with Gasteiger partial charge in [-0.3, -0.25) is 4.79 Å². The maximum absolute atomic E-state index is 12.8. The zero-order valence-electron chi connectivity index (χ0n) is 14.0. The fourth-order valence-electron chi connectivity index (χ4n) is 3.57. The Morgan fingerprint density at radius 2 is 2.09 bits per heavy atom. The maximum atomic E-state index is 12.8. The summed E-state index contributed by atoms with van der Waals surface area (Å²) < 4.78 is 0.0894. The molecule has 1 aliphatic heterocycles. The van der Waals surface area contributed by atoms with Crippen LogP contribution in [0.2, 0.25) is 0 Å². The van der Waals surface area contributed by atoms with Crippen LogP contribution in [0.5, 0.6) is 0 Å². The number of aromatic nitrogens is 1. The van der Waals surface area contributed by atoms with Crippen molar-refractivity contribution >= 4 is 30.1 Å². The minimum absolute atomic E-state index is 0. The first kappa shape index (κ1) is 18.6. The van der Waals surface area contributed by atoms with Gasteiger partial charge in [-0.2, -0.15) is 0 Å². The lowest BCUT2D eigenvalue weighted by atomic mass is 9.98. The highest BCUT2D eigenvalue weighted by molar-refractivity contribution is 8.00. The van der Waals surface area contributed by atoms with E-state index in [0.29, 0.717) is 11.8 Å². The molecule has 4 nitrogen and oxygen atoms in total. The van der Waals surface area contributed by atoms with Crippen molar-refractivity contribution in [2.75, 3.05) is 13.1 Å². The summed E-state index contributed by atoms with van der Waals surface area (Å²) >= 11 is 1.69. The Morgan fingerprint density at radius 3 is 2.74 bits per heavy atom. The summed E-state index contributed by atoms with van der Waals surface area (Å²) in [6, 6.07) is 4.02. The summed E-state index contributed by atoms with van der Waals surface area (Å²) in [5, 5.41) is 0.912. The van der Waals surface area contributed by atoms with E-state index in [4.69, 9.17) is 5.73 Å². The molecule has 2 heterocycles. The number of rotatable bonds is 2. The molecule has 1 aromatic heterocycles. The molecule has 0 radical (unpaired) electrons. The number of nitrogens with zero attached hydrogens (tertiary/aromatic N) is 2. The Hall–Kier alpha value is -0.780. The summed E-state index contributed by atoms with van der Waals surface area (Å²) in [5.41, 5.74) is 6.91. The van der Waals surface area contributed by atoms with Gasteiger partial charge in [0.05, 0.1) is 5.03 Å². The van der Waals surface area contributed by atoms with Gasteiger partial charge in [0.15, 0.2) is 0 Å². The van der Waals surface area contributed by atoms with Crippen molar-refractivity contribution < 1.29 is 4.79 Å². The predicted molar refractivity (Wildman–Crippen MR) is 97.2 cm³/mol. The van der Waals surface area contributed by atoms with Crippen LogP contribution in [-0.2, 0) is 0 Å². The number of halogens is 1. The van der Waals surface area contributed by atoms with Crippen LogP contribution in [0, 0.1) is 11.8 Å². The third-order valence-corrected chi connectivity index (χ3v) is 5.64. The fourth-order valence-corrected chi connectivity index (χ4v) is 4.49. The average Bonchev–Trinajstić information content (AvgIpc) is 2.99. The van der Waals surface area contributed by atoms with Crippen molar-refractivity contribution in [3.05, 3.63) is 23.9 Å². The van der Waals surface area contributed by atoms with Crippen LogP contribution in [-0.4, -0.2) is 39.7 Å². The molecule has 0 spiro atoms. The van der Waals surface area contributed by atoms with E-state index in [1.54, 1.807) is 18.0 Å². The first-order valence-electron chi connectivity index (χ1n) is 8.03. The van der Waals surface area contributed by atoms with Gasteiger partial charge < -0.3 is 10.6 Å². The minimum Gasteiger partial charge on any atom is -0.338 e. The summed E-state index contributed by atoms with van der Waals surface area (Å²) in [7, 11) is 0. The molecule has 128 valence electrons. The van der Waals surface area contributed by atoms with Crippen molar-refractivity contribution in [2.24, 2.45) is 17.6 Å². The third kappa shape index (κ3) is 4.20. The molecular weight excluding hydrogens is 330 g/mol. The van der Waals surface area contributed by atoms with Gasteiger partial charge >= 0.3 is 0 Å². The molecule has 0 bridgehead atoms. The first-order chi connectivity index (χ1) is 10.3. The van der Waals surface area contributed by atoms with Gasteiger partial charge in [-0.1, -0.05) is 20.8 Å². The fraction of sp³-hybridized carbons (Fsp3) is 0.647. The number of pyridine rings is 1. The summed E-state index contributed by atoms with van der Waals surface area (Å²) in [6.07, 6.45) is 4.01. The second-order valence-electron chi connectivity index (χ2n) is 7.47. The topological polar surface area (TPSA) is 59.2 Å². The maximum Gasteiger partial charge on any atom is 0.254 e. The van der Waals surface area contributed by atoms with Gasteiger partial charge in [0.25, 0.3) is 5.91 Å². The SMILES string of the molecule is CC(C)(C)Sc1cc(C(=O)N2CC3CCC(N)C3C2)ccn1.Cl. The van der Waals surface area contributed by atoms with E-state index < -0.39 is 0 Å². The standard InChI is InChI=1S/C17H25N3OS.ClH/c1-17(2,3)22-15-8-11(6-7-19-15)16(21)20-9-12-4-5-14(18)13(12)10-20;/h6-8,12-14H,4-5,9-10,18H2,1-3H3;1H. The van der Waals surface area contributed by atoms with Crippen LogP contribution in [0.4, 0.5) is 0 Å². The van der Waals surface area contributed by atoms with Gasteiger partial charge in [-0.05, 0) is 36.8 Å². The Morgan fingerprint density at radius 1 is 1.35 bits per heavy atom. The van der Waals surface area contributed by atoms with Crippen molar-refractivity contribution in [1.29, 1.82) is 0 Å². The van der Waals surface area contributed by atoms with E-state index >= 15 is 0 Å². The van der Waals surface area contributed by atoms with Crippen LogP contribution >= 0.6 is 24.2 Å². The number of fused-ring (bicyclic) bond motifs is 1. The molecule has 2 aliphatic rings. The Balaban J connectivity index is 0.00000192. The molecule has 3 atom stereocenters. The number of thioether (sulfide) groups is 1. The molecular formula is C17H26ClN3OS. The molecule has 1 saturated heterocycles. The Labute approximate surface area is 149 Å². The molecule has 6 heteroatoms. The van der Waals surface area contributed by atoms with E-state index in [9.17, 15) is 4.79 Å². The number of nitrogens with two attached hydrogens (primary N) is 1. The number of hydrogen-bond donors (Lipinski definition) is 1. The van der Waals surface area contributed by atoms with Crippen LogP contribution in [0.15, 0.2) is 23.4 Å². The van der Waals surface area contributed by atoms with E-state index in [0.717, 1.165) is 36.5 Å². The first-order valence-corrected chi connectivity index (χ1v) is 8.85. The third-order valence-electron chi connectivity index (χ3n) is 4.59. The van der Waals surface area contributed by atoms with Gasteiger partial charge in [0, 0.05) is 35.6 Å². The lowest BCUT2D eigenvalue weighted by molar-refractivity contribution is 0.0779. The van der Waals surface area contributed by atoms with Crippen molar-refractivity contribution in [1.82, 2.24) is 9.88 Å². The lowest BCUT2D eigenvalue weighted by Crippen LogP contribution is -2.33. The van der Waals surface area contributed by atoms with Crippen molar-refractivity contribution in [3.8, 4) is 0 Å². The summed E-state index contributed by atoms with van der Waals surface area (Å²) in [5.74, 6) is 1.22. The zero-order valence-corrected chi connectivity index (χ0v) is 15.6. The largest absolute Gasteiger partial charge is 0.338 e. The lowest BCUT2D eigenvalue weighted by Gasteiger charge is -2.20. The highest BCUT2D eigenvalue weighted by Crippen LogP contribution is 2.38. The van der Waals surface area contributed by atoms with Crippen LogP contribution < -0.4 is 5.73 Å². The number of amides is 1. The van der Waals surface area contributed by atoms with Crippen LogP contribution in [0.1, 0.15) is 44.0 Å². The van der Waals surface area contributed by atoms with Gasteiger partial charge in [-0.25, -0.2) is 4.98 Å². The Kier molecular flexibility index (Phi) is 5.64. The molecule has 3 rings (SSSR count). The minimum atomic E-state index is 0. The summed E-state index contributed by atoms with van der Waals surface area (Å²) in [6.45, 7) is 8.13. The molecule has 1 amide bonds. The molecule has 0 aromatic carbocycles. The van der Waals surface area contributed by atoms with Gasteiger partial charge in [0.1, 0.15) is 0 Å². The molecule has 1 saturated carbocycles. The van der Waals surface area contributed by atoms with E-state index in [2.05, 4.69) is 25.8 Å². The van der Waals surface area contributed by atoms with E-state index in [1.807, 2.05) is 17.0 Å². The molecule has 23 heavy (non-hydrogen) atoms. The number of likely N-dealkylation sites (tertiary alicyclic amines) is 1. The molecule has 3 unspecified atom stereocenters. The predicted octanol–water partition coefficient (Wildman–Crippen LogP) is 3.20. The quantitative estimate of drug-likeness (QED) is 0.827. The number of carbonyl (C=O) groups excluding carboxylic acids is 1. The summed E-state index contributed by atoms with van der Waals surface area (Å²) in [4.78, 5) is 19.1. The monoisotopic (exact) mass is 355 g/mol. The van der Waals surface area contributed by atoms with Gasteiger partial charge in [0.2, 0.25) is 0 Å². The normalized spacial score (nSPS) is 26.8. The second kappa shape index (κ2) is 6.99. The van der Waals surface area contributed by atoms with Crippen LogP contribution in [0.3, 0.4) is 0 Å². The zero-order chi connectivity index (χ0) is 15.9. The van der Waals surface area contributed by atoms with E-state index in [1.165, 1.54) is 0 Å². The highest BCUT2D eigenvalue weighted by Gasteiger charge is 2.42. The second-order valence-corrected chi connectivity index (χ2v) is 9.32. The number of hydrogen-bond acceptors (Lipinski definition) is 4. The van der Waals surface area contributed by atoms with Crippen LogP contribution in [0.25, 0.3) is 0 Å². The highest BCUT2D eigenvalue weighted by atomic mass is 35.5. The molecule has 1 aliphatic carbocycles. The molecule has 2 fully saturated rings. The van der Waals surface area contributed by atoms with Crippen molar-refractivity contribution in [2.45, 2.75) is 49.4 Å². The van der Waals surface area contributed by atoms with Crippen molar-refractivity contribution in [3.63, 3.8) is 0 Å². The molecule has 1 aromatic rings. The Bertz CT molecular complexity index is 575. The number of carbonyl (C=O) groups is 1. The molecule has 2 N–H and O–H groups in total. The smallest absolute Gasteiger partial charge is 0.254 e. The van der Waals surface area contributed by atoms with Gasteiger partial charge in [-0.15, -0.1) is 24.2 Å².